The molecule has 1 aromatic heterocycles. The first-order valence-electron chi connectivity index (χ1n) is 5.66. The van der Waals surface area contributed by atoms with Crippen LogP contribution in [0.15, 0.2) is 24.3 Å². The number of nitrogens with two attached hydrogens (primary N) is 1. The number of fused-ring (bicyclic) bond motifs is 1. The molecule has 0 unspecified atom stereocenters. The van der Waals surface area contributed by atoms with Gasteiger partial charge in [0.05, 0.1) is 11.2 Å². The summed E-state index contributed by atoms with van der Waals surface area (Å²) in [6.45, 7) is 4.45. The van der Waals surface area contributed by atoms with Crippen molar-refractivity contribution in [1.29, 1.82) is 0 Å². The summed E-state index contributed by atoms with van der Waals surface area (Å²) >= 11 is 0. The molecular weight excluding hydrogens is 217 g/mol. The number of aromatic nitrogens is 1. The smallest absolute Gasteiger partial charge is 0.125 e. The van der Waals surface area contributed by atoms with Gasteiger partial charge in [-0.3, -0.25) is 4.98 Å². The molecule has 1 aromatic carbocycles. The van der Waals surface area contributed by atoms with E-state index in [9.17, 15) is 4.39 Å². The quantitative estimate of drug-likeness (QED) is 0.856. The molecule has 0 aliphatic heterocycles. The molecule has 0 radical (unpaired) electrons. The van der Waals surface area contributed by atoms with Gasteiger partial charge in [0.25, 0.3) is 0 Å². The molecular formula is C13H16FN3. The molecule has 0 atom stereocenters. The number of nitrogens with one attached hydrogen (secondary N) is 1. The molecule has 90 valence electrons. The van der Waals surface area contributed by atoms with Gasteiger partial charge in [-0.05, 0) is 32.0 Å². The lowest BCUT2D eigenvalue weighted by Gasteiger charge is -2.14. The summed E-state index contributed by atoms with van der Waals surface area (Å²) in [6, 6.07) is 6.83. The molecule has 17 heavy (non-hydrogen) atoms. The molecule has 2 aromatic rings. The number of hydrogen-bond donors (Lipinski definition) is 2. The Balaban J connectivity index is 2.62. The number of hydrogen-bond acceptors (Lipinski definition) is 3. The number of nitrogens with zero attached hydrogens (tertiary/aromatic N) is 1. The van der Waals surface area contributed by atoms with E-state index in [1.807, 2.05) is 6.07 Å². The van der Waals surface area contributed by atoms with Crippen molar-refractivity contribution in [3.05, 3.63) is 35.8 Å². The Morgan fingerprint density at radius 1 is 1.35 bits per heavy atom. The first kappa shape index (κ1) is 11.8. The molecule has 0 spiro atoms. The lowest BCUT2D eigenvalue weighted by atomic mass is 10.1. The Hall–Kier alpha value is -1.68. The van der Waals surface area contributed by atoms with Crippen molar-refractivity contribution in [3.63, 3.8) is 0 Å². The zero-order valence-electron chi connectivity index (χ0n) is 10.00. The van der Waals surface area contributed by atoms with Crippen molar-refractivity contribution < 1.29 is 4.39 Å². The second-order valence-electron chi connectivity index (χ2n) is 4.33. The maximum Gasteiger partial charge on any atom is 0.125 e. The molecule has 2 rings (SSSR count). The van der Waals surface area contributed by atoms with Gasteiger partial charge >= 0.3 is 0 Å². The van der Waals surface area contributed by atoms with E-state index < -0.39 is 0 Å². The van der Waals surface area contributed by atoms with Crippen molar-refractivity contribution in [3.8, 4) is 0 Å². The minimum atomic E-state index is -0.283. The molecule has 0 aliphatic carbocycles. The fraction of sp³-hybridized carbons (Fsp3) is 0.308. The van der Waals surface area contributed by atoms with E-state index in [1.54, 1.807) is 6.07 Å². The van der Waals surface area contributed by atoms with Crippen LogP contribution in [0, 0.1) is 5.82 Å². The maximum atomic E-state index is 13.2. The molecule has 0 fully saturated rings. The van der Waals surface area contributed by atoms with Crippen LogP contribution in [0.4, 0.5) is 10.1 Å². The Kier molecular flexibility index (Phi) is 3.24. The van der Waals surface area contributed by atoms with Crippen LogP contribution in [-0.4, -0.2) is 11.0 Å². The monoisotopic (exact) mass is 233 g/mol. The van der Waals surface area contributed by atoms with Crippen LogP contribution in [0.1, 0.15) is 19.5 Å². The molecule has 3 nitrogen and oxygen atoms in total. The predicted molar refractivity (Wildman–Crippen MR) is 68.4 cm³/mol. The van der Waals surface area contributed by atoms with Crippen molar-refractivity contribution in [2.75, 3.05) is 5.32 Å². The van der Waals surface area contributed by atoms with E-state index in [-0.39, 0.29) is 5.82 Å². The normalized spacial score (nSPS) is 11.1. The summed E-state index contributed by atoms with van der Waals surface area (Å²) in [6.07, 6.45) is 0. The van der Waals surface area contributed by atoms with Crippen molar-refractivity contribution >= 4 is 16.6 Å². The molecule has 0 saturated carbocycles. The number of anilines is 1. The van der Waals surface area contributed by atoms with Crippen LogP contribution in [0.5, 0.6) is 0 Å². The number of benzene rings is 1. The maximum absolute atomic E-state index is 13.2. The molecule has 0 saturated heterocycles. The third-order valence-electron chi connectivity index (χ3n) is 2.48. The van der Waals surface area contributed by atoms with Crippen molar-refractivity contribution in [2.24, 2.45) is 5.73 Å². The summed E-state index contributed by atoms with van der Waals surface area (Å²) in [7, 11) is 0. The van der Waals surface area contributed by atoms with Crippen LogP contribution in [-0.2, 0) is 6.54 Å². The second kappa shape index (κ2) is 4.67. The fourth-order valence-corrected chi connectivity index (χ4v) is 1.79. The van der Waals surface area contributed by atoms with Gasteiger partial charge in [-0.1, -0.05) is 0 Å². The standard InChI is InChI=1S/C13H16FN3/c1-8(2)16-13-6-10(7-15)17-12-5-9(14)3-4-11(12)13/h3-6,8H,7,15H2,1-2H3,(H,16,17). The van der Waals surface area contributed by atoms with E-state index in [0.717, 1.165) is 16.8 Å². The minimum absolute atomic E-state index is 0.283. The lowest BCUT2D eigenvalue weighted by molar-refractivity contribution is 0.629. The average molecular weight is 233 g/mol. The minimum Gasteiger partial charge on any atom is -0.382 e. The van der Waals surface area contributed by atoms with E-state index >= 15 is 0 Å². The summed E-state index contributed by atoms with van der Waals surface area (Å²) < 4.78 is 13.2. The Labute approximate surface area is 99.8 Å². The largest absolute Gasteiger partial charge is 0.382 e. The van der Waals surface area contributed by atoms with Gasteiger partial charge in [-0.25, -0.2) is 4.39 Å². The Morgan fingerprint density at radius 3 is 2.76 bits per heavy atom. The number of halogens is 1. The SMILES string of the molecule is CC(C)Nc1cc(CN)nc2cc(F)ccc12. The highest BCUT2D eigenvalue weighted by atomic mass is 19.1. The van der Waals surface area contributed by atoms with Gasteiger partial charge in [-0.15, -0.1) is 0 Å². The fourth-order valence-electron chi connectivity index (χ4n) is 1.79. The predicted octanol–water partition coefficient (Wildman–Crippen LogP) is 2.65. The summed E-state index contributed by atoms with van der Waals surface area (Å²) in [4.78, 5) is 4.32. The molecule has 0 amide bonds. The van der Waals surface area contributed by atoms with E-state index in [1.165, 1.54) is 12.1 Å². The summed E-state index contributed by atoms with van der Waals surface area (Å²) in [5.74, 6) is -0.283. The molecule has 1 heterocycles. The zero-order chi connectivity index (χ0) is 12.4. The summed E-state index contributed by atoms with van der Waals surface area (Å²) in [5, 5.41) is 4.24. The number of rotatable bonds is 3. The van der Waals surface area contributed by atoms with E-state index in [4.69, 9.17) is 5.73 Å². The lowest BCUT2D eigenvalue weighted by Crippen LogP contribution is -2.11. The highest BCUT2D eigenvalue weighted by Crippen LogP contribution is 2.24. The molecule has 4 heteroatoms. The van der Waals surface area contributed by atoms with Gasteiger partial charge in [0.2, 0.25) is 0 Å². The van der Waals surface area contributed by atoms with Gasteiger partial charge in [-0.2, -0.15) is 0 Å². The van der Waals surface area contributed by atoms with Gasteiger partial charge in [0.15, 0.2) is 0 Å². The van der Waals surface area contributed by atoms with Crippen LogP contribution in [0.2, 0.25) is 0 Å². The van der Waals surface area contributed by atoms with Gasteiger partial charge in [0, 0.05) is 29.7 Å². The van der Waals surface area contributed by atoms with E-state index in [2.05, 4.69) is 24.1 Å². The van der Waals surface area contributed by atoms with Gasteiger partial charge in [0.1, 0.15) is 5.82 Å². The van der Waals surface area contributed by atoms with Crippen LogP contribution < -0.4 is 11.1 Å². The average Bonchev–Trinajstić information content (AvgIpc) is 2.27. The molecule has 3 N–H and O–H groups in total. The van der Waals surface area contributed by atoms with E-state index in [0.29, 0.717) is 18.1 Å². The van der Waals surface area contributed by atoms with Crippen LogP contribution >= 0.6 is 0 Å². The van der Waals surface area contributed by atoms with Gasteiger partial charge < -0.3 is 11.1 Å². The second-order valence-corrected chi connectivity index (χ2v) is 4.33. The highest BCUT2D eigenvalue weighted by Gasteiger charge is 2.07. The summed E-state index contributed by atoms with van der Waals surface area (Å²) in [5.41, 5.74) is 7.94. The Bertz CT molecular complexity index is 537. The van der Waals surface area contributed by atoms with Crippen molar-refractivity contribution in [1.82, 2.24) is 4.98 Å². The molecule has 0 bridgehead atoms. The first-order valence-corrected chi connectivity index (χ1v) is 5.66. The van der Waals surface area contributed by atoms with Crippen LogP contribution in [0.3, 0.4) is 0 Å². The highest BCUT2D eigenvalue weighted by molar-refractivity contribution is 5.91. The number of pyridine rings is 1. The molecule has 0 aliphatic rings. The third kappa shape index (κ3) is 2.53. The first-order chi connectivity index (χ1) is 8.10. The Morgan fingerprint density at radius 2 is 2.12 bits per heavy atom. The van der Waals surface area contributed by atoms with Crippen LogP contribution in [0.25, 0.3) is 10.9 Å². The zero-order valence-corrected chi connectivity index (χ0v) is 10.00. The topological polar surface area (TPSA) is 50.9 Å². The van der Waals surface area contributed by atoms with Crippen molar-refractivity contribution in [2.45, 2.75) is 26.4 Å². The third-order valence-corrected chi connectivity index (χ3v) is 2.48.